The van der Waals surface area contributed by atoms with Crippen LogP contribution in [-0.2, 0) is 4.79 Å². The molecule has 0 heterocycles. The summed E-state index contributed by atoms with van der Waals surface area (Å²) < 4.78 is 5.68. The molecule has 148 valence electrons. The summed E-state index contributed by atoms with van der Waals surface area (Å²) in [5, 5.41) is 2.86. The number of nitrogens with zero attached hydrogens (tertiary/aromatic N) is 1. The zero-order valence-electron chi connectivity index (χ0n) is 16.6. The molecule has 0 radical (unpaired) electrons. The van der Waals surface area contributed by atoms with Crippen LogP contribution >= 0.6 is 0 Å². The maximum absolute atomic E-state index is 13.1. The molecule has 0 bridgehead atoms. The van der Waals surface area contributed by atoms with Crippen molar-refractivity contribution < 1.29 is 14.3 Å². The van der Waals surface area contributed by atoms with Crippen LogP contribution in [0.2, 0.25) is 0 Å². The summed E-state index contributed by atoms with van der Waals surface area (Å²) >= 11 is 0. The Morgan fingerprint density at radius 1 is 1.00 bits per heavy atom. The Kier molecular flexibility index (Phi) is 6.69. The smallest absolute Gasteiger partial charge is 0.265 e. The maximum atomic E-state index is 13.1. The van der Waals surface area contributed by atoms with Crippen LogP contribution in [0.25, 0.3) is 0 Å². The van der Waals surface area contributed by atoms with Crippen LogP contribution in [-0.4, -0.2) is 35.9 Å². The minimum absolute atomic E-state index is 0.0561. The molecular weight excluding hydrogens is 352 g/mol. The van der Waals surface area contributed by atoms with Gasteiger partial charge in [0.05, 0.1) is 11.3 Å². The van der Waals surface area contributed by atoms with Crippen LogP contribution in [0, 0.1) is 0 Å². The van der Waals surface area contributed by atoms with Gasteiger partial charge >= 0.3 is 0 Å². The highest BCUT2D eigenvalue weighted by Gasteiger charge is 2.25. The van der Waals surface area contributed by atoms with Crippen molar-refractivity contribution in [2.24, 2.45) is 0 Å². The summed E-state index contributed by atoms with van der Waals surface area (Å²) in [5.41, 5.74) is 1.03. The number of rotatable bonds is 6. The third-order valence-electron chi connectivity index (χ3n) is 5.28. The maximum Gasteiger partial charge on any atom is 0.265 e. The highest BCUT2D eigenvalue weighted by molar-refractivity contribution is 6.04. The first-order valence-corrected chi connectivity index (χ1v) is 9.95. The molecule has 1 atom stereocenters. The number of benzene rings is 2. The van der Waals surface area contributed by atoms with Crippen LogP contribution in [0.15, 0.2) is 54.6 Å². The number of carbonyl (C=O) groups excluding carboxylic acids is 2. The Morgan fingerprint density at radius 3 is 2.36 bits per heavy atom. The highest BCUT2D eigenvalue weighted by atomic mass is 16.5. The van der Waals surface area contributed by atoms with E-state index >= 15 is 0 Å². The summed E-state index contributed by atoms with van der Waals surface area (Å²) in [6.07, 6.45) is 4.97. The fourth-order valence-electron chi connectivity index (χ4n) is 3.59. The van der Waals surface area contributed by atoms with Gasteiger partial charge in [-0.25, -0.2) is 0 Å². The van der Waals surface area contributed by atoms with E-state index < -0.39 is 6.10 Å². The van der Waals surface area contributed by atoms with Gasteiger partial charge in [-0.15, -0.1) is 0 Å². The zero-order valence-corrected chi connectivity index (χ0v) is 16.6. The van der Waals surface area contributed by atoms with Crippen molar-refractivity contribution in [2.75, 3.05) is 12.4 Å². The molecule has 3 rings (SSSR count). The van der Waals surface area contributed by atoms with Gasteiger partial charge in [-0.1, -0.05) is 49.6 Å². The predicted octanol–water partition coefficient (Wildman–Crippen LogP) is 4.50. The van der Waals surface area contributed by atoms with Gasteiger partial charge in [0.15, 0.2) is 6.10 Å². The van der Waals surface area contributed by atoms with Crippen molar-refractivity contribution in [3.63, 3.8) is 0 Å². The van der Waals surface area contributed by atoms with Gasteiger partial charge < -0.3 is 15.0 Å². The number of carbonyl (C=O) groups is 2. The van der Waals surface area contributed by atoms with Crippen LogP contribution in [0.5, 0.6) is 5.75 Å². The SMILES string of the molecule is CC(Oc1ccccc1)C(=O)Nc1ccccc1C(=O)N(C)C1CCCCC1. The molecule has 1 fully saturated rings. The third-order valence-corrected chi connectivity index (χ3v) is 5.28. The fourth-order valence-corrected chi connectivity index (χ4v) is 3.59. The number of para-hydroxylation sites is 2. The van der Waals surface area contributed by atoms with E-state index in [1.165, 1.54) is 6.42 Å². The molecule has 1 aliphatic carbocycles. The average molecular weight is 380 g/mol. The topological polar surface area (TPSA) is 58.6 Å². The quantitative estimate of drug-likeness (QED) is 0.803. The van der Waals surface area contributed by atoms with Gasteiger partial charge in [-0.05, 0) is 44.0 Å². The second-order valence-electron chi connectivity index (χ2n) is 7.32. The monoisotopic (exact) mass is 380 g/mol. The Bertz CT molecular complexity index is 801. The minimum Gasteiger partial charge on any atom is -0.481 e. The summed E-state index contributed by atoms with van der Waals surface area (Å²) in [7, 11) is 1.86. The molecule has 0 aliphatic heterocycles. The van der Waals surface area contributed by atoms with E-state index in [1.54, 1.807) is 31.2 Å². The van der Waals surface area contributed by atoms with E-state index in [0.29, 0.717) is 17.0 Å². The zero-order chi connectivity index (χ0) is 19.9. The lowest BCUT2D eigenvalue weighted by molar-refractivity contribution is -0.122. The summed E-state index contributed by atoms with van der Waals surface area (Å²) in [6, 6.07) is 16.6. The van der Waals surface area contributed by atoms with Gasteiger partial charge in [0, 0.05) is 13.1 Å². The van der Waals surface area contributed by atoms with Gasteiger partial charge in [-0.3, -0.25) is 9.59 Å². The summed E-state index contributed by atoms with van der Waals surface area (Å²) in [4.78, 5) is 27.5. The van der Waals surface area contributed by atoms with Gasteiger partial charge in [0.1, 0.15) is 5.75 Å². The van der Waals surface area contributed by atoms with Crippen LogP contribution in [0.4, 0.5) is 5.69 Å². The lowest BCUT2D eigenvalue weighted by Gasteiger charge is -2.31. The highest BCUT2D eigenvalue weighted by Crippen LogP contribution is 2.25. The van der Waals surface area contributed by atoms with Crippen molar-refractivity contribution in [1.82, 2.24) is 4.90 Å². The lowest BCUT2D eigenvalue weighted by Crippen LogP contribution is -2.39. The van der Waals surface area contributed by atoms with Crippen LogP contribution in [0.1, 0.15) is 49.4 Å². The number of amides is 2. The minimum atomic E-state index is -0.679. The van der Waals surface area contributed by atoms with E-state index in [1.807, 2.05) is 42.3 Å². The third kappa shape index (κ3) is 4.91. The van der Waals surface area contributed by atoms with Crippen LogP contribution in [0.3, 0.4) is 0 Å². The summed E-state index contributed by atoms with van der Waals surface area (Å²) in [5.74, 6) is 0.287. The van der Waals surface area contributed by atoms with Crippen molar-refractivity contribution in [2.45, 2.75) is 51.2 Å². The number of hydrogen-bond acceptors (Lipinski definition) is 3. The molecule has 5 heteroatoms. The van der Waals surface area contributed by atoms with E-state index in [4.69, 9.17) is 4.74 Å². The Hall–Kier alpha value is -2.82. The first-order chi connectivity index (χ1) is 13.6. The molecule has 2 amide bonds. The molecule has 5 nitrogen and oxygen atoms in total. The Labute approximate surface area is 166 Å². The Balaban J connectivity index is 1.69. The number of anilines is 1. The molecular formula is C23H28N2O3. The molecule has 1 saturated carbocycles. The van der Waals surface area contributed by atoms with E-state index in [-0.39, 0.29) is 17.9 Å². The fraction of sp³-hybridized carbons (Fsp3) is 0.391. The molecule has 0 spiro atoms. The lowest BCUT2D eigenvalue weighted by atomic mass is 9.94. The van der Waals surface area contributed by atoms with Gasteiger partial charge in [-0.2, -0.15) is 0 Å². The molecule has 28 heavy (non-hydrogen) atoms. The first kappa shape index (κ1) is 19.9. The molecule has 0 saturated heterocycles. The van der Waals surface area contributed by atoms with E-state index in [9.17, 15) is 9.59 Å². The molecule has 2 aromatic rings. The molecule has 1 unspecified atom stereocenters. The van der Waals surface area contributed by atoms with Crippen molar-refractivity contribution >= 4 is 17.5 Å². The number of hydrogen-bond donors (Lipinski definition) is 1. The average Bonchev–Trinajstić information content (AvgIpc) is 2.74. The summed E-state index contributed by atoms with van der Waals surface area (Å²) in [6.45, 7) is 1.70. The standard InChI is InChI=1S/C23H28N2O3/c1-17(28-19-13-7-4-8-14-19)22(26)24-21-16-10-9-15-20(21)23(27)25(2)18-11-5-3-6-12-18/h4,7-10,13-18H,3,5-6,11-12H2,1-2H3,(H,24,26). The largest absolute Gasteiger partial charge is 0.481 e. The molecule has 1 aliphatic rings. The first-order valence-electron chi connectivity index (χ1n) is 9.95. The number of ether oxygens (including phenoxy) is 1. The van der Waals surface area contributed by atoms with Crippen molar-refractivity contribution in [3.8, 4) is 5.75 Å². The van der Waals surface area contributed by atoms with Gasteiger partial charge in [0.2, 0.25) is 0 Å². The number of nitrogens with one attached hydrogen (secondary N) is 1. The van der Waals surface area contributed by atoms with Crippen molar-refractivity contribution in [3.05, 3.63) is 60.2 Å². The van der Waals surface area contributed by atoms with E-state index in [0.717, 1.165) is 25.7 Å². The van der Waals surface area contributed by atoms with Crippen LogP contribution < -0.4 is 10.1 Å². The Morgan fingerprint density at radius 2 is 1.64 bits per heavy atom. The van der Waals surface area contributed by atoms with Crippen molar-refractivity contribution in [1.29, 1.82) is 0 Å². The van der Waals surface area contributed by atoms with Gasteiger partial charge in [0.25, 0.3) is 11.8 Å². The second-order valence-corrected chi connectivity index (χ2v) is 7.32. The molecule has 1 N–H and O–H groups in total. The predicted molar refractivity (Wildman–Crippen MR) is 111 cm³/mol. The normalized spacial score (nSPS) is 15.5. The second kappa shape index (κ2) is 9.40. The van der Waals surface area contributed by atoms with E-state index in [2.05, 4.69) is 5.32 Å². The molecule has 0 aromatic heterocycles. The molecule has 2 aromatic carbocycles.